The third-order valence-corrected chi connectivity index (χ3v) is 4.99. The minimum absolute atomic E-state index is 0.178. The molecule has 3 aromatic heterocycles. The molecule has 0 saturated carbocycles. The summed E-state index contributed by atoms with van der Waals surface area (Å²) in [6.45, 7) is -0.239. The van der Waals surface area contributed by atoms with E-state index in [0.29, 0.717) is 22.2 Å². The number of rotatable bonds is 3. The first-order valence-corrected chi connectivity index (χ1v) is 8.95. The van der Waals surface area contributed by atoms with Gasteiger partial charge >= 0.3 is 0 Å². The molecular weight excluding hydrogens is 374 g/mol. The summed E-state index contributed by atoms with van der Waals surface area (Å²) in [5, 5.41) is 0.954. The molecule has 0 spiro atoms. The molecule has 2 aromatic carbocycles. The number of nitrogens with zero attached hydrogens (tertiary/aromatic N) is 3. The maximum Gasteiger partial charge on any atom is 0.269 e. The van der Waals surface area contributed by atoms with E-state index in [1.54, 1.807) is 12.1 Å². The minimum atomic E-state index is -0.708. The molecule has 3 heterocycles. The molecule has 7 heteroatoms. The number of aromatic nitrogens is 4. The second kappa shape index (κ2) is 6.63. The zero-order valence-electron chi connectivity index (χ0n) is 15.1. The highest BCUT2D eigenvalue weighted by Crippen LogP contribution is 2.28. The zero-order chi connectivity index (χ0) is 20.0. The SMILES string of the molecule is O=c1cnc2cnccc2n1Cc1c(F)cc(-c2ccc3[nH]ccc3c2)cc1F. The maximum absolute atomic E-state index is 14.9. The summed E-state index contributed by atoms with van der Waals surface area (Å²) in [4.78, 5) is 23.3. The molecule has 0 fully saturated rings. The van der Waals surface area contributed by atoms with Gasteiger partial charge in [-0.05, 0) is 52.9 Å². The van der Waals surface area contributed by atoms with Gasteiger partial charge < -0.3 is 9.55 Å². The summed E-state index contributed by atoms with van der Waals surface area (Å²) in [6.07, 6.45) is 5.94. The fourth-order valence-electron chi connectivity index (χ4n) is 3.49. The van der Waals surface area contributed by atoms with E-state index in [-0.39, 0.29) is 12.1 Å². The van der Waals surface area contributed by atoms with E-state index >= 15 is 0 Å². The number of hydrogen-bond acceptors (Lipinski definition) is 3. The Morgan fingerprint density at radius 1 is 0.966 bits per heavy atom. The van der Waals surface area contributed by atoms with Crippen LogP contribution in [0.2, 0.25) is 0 Å². The largest absolute Gasteiger partial charge is 0.361 e. The van der Waals surface area contributed by atoms with Crippen LogP contribution in [0.3, 0.4) is 0 Å². The molecule has 0 bridgehead atoms. The van der Waals surface area contributed by atoms with Gasteiger partial charge in [0, 0.05) is 23.5 Å². The molecule has 142 valence electrons. The minimum Gasteiger partial charge on any atom is -0.361 e. The molecule has 5 rings (SSSR count). The molecule has 0 radical (unpaired) electrons. The molecule has 29 heavy (non-hydrogen) atoms. The van der Waals surface area contributed by atoms with Gasteiger partial charge in [-0.2, -0.15) is 0 Å². The summed E-state index contributed by atoms with van der Waals surface area (Å²) in [5.41, 5.74) is 2.41. The monoisotopic (exact) mass is 388 g/mol. The van der Waals surface area contributed by atoms with Crippen molar-refractivity contribution in [3.8, 4) is 11.1 Å². The number of nitrogens with one attached hydrogen (secondary N) is 1. The summed E-state index contributed by atoms with van der Waals surface area (Å²) < 4.78 is 31.0. The molecule has 0 atom stereocenters. The Labute approximate surface area is 163 Å². The van der Waals surface area contributed by atoms with E-state index in [4.69, 9.17) is 0 Å². The van der Waals surface area contributed by atoms with Crippen LogP contribution in [-0.4, -0.2) is 19.5 Å². The zero-order valence-corrected chi connectivity index (χ0v) is 15.1. The second-order valence-corrected chi connectivity index (χ2v) is 6.75. The van der Waals surface area contributed by atoms with Crippen molar-refractivity contribution in [3.63, 3.8) is 0 Å². The Hall–Kier alpha value is -3.87. The van der Waals surface area contributed by atoms with E-state index in [9.17, 15) is 13.6 Å². The fraction of sp³-hybridized carbons (Fsp3) is 0.0455. The van der Waals surface area contributed by atoms with Gasteiger partial charge in [0.15, 0.2) is 0 Å². The molecule has 0 aliphatic rings. The van der Waals surface area contributed by atoms with Crippen LogP contribution < -0.4 is 5.56 Å². The van der Waals surface area contributed by atoms with Crippen molar-refractivity contribution in [2.45, 2.75) is 6.54 Å². The van der Waals surface area contributed by atoms with Crippen LogP contribution in [0.1, 0.15) is 5.56 Å². The molecule has 1 N–H and O–H groups in total. The molecule has 5 nitrogen and oxygen atoms in total. The first-order valence-electron chi connectivity index (χ1n) is 8.95. The molecule has 5 aromatic rings. The molecule has 0 saturated heterocycles. The first kappa shape index (κ1) is 17.2. The van der Waals surface area contributed by atoms with Crippen LogP contribution in [-0.2, 0) is 6.54 Å². The molecule has 0 amide bonds. The van der Waals surface area contributed by atoms with Gasteiger partial charge in [-0.3, -0.25) is 9.78 Å². The van der Waals surface area contributed by atoms with Crippen molar-refractivity contribution in [2.24, 2.45) is 0 Å². The van der Waals surface area contributed by atoms with E-state index in [2.05, 4.69) is 15.0 Å². The predicted molar refractivity (Wildman–Crippen MR) is 107 cm³/mol. The van der Waals surface area contributed by atoms with Crippen LogP contribution in [0.4, 0.5) is 8.78 Å². The number of H-pyrrole nitrogens is 1. The average molecular weight is 388 g/mol. The summed E-state index contributed by atoms with van der Waals surface area (Å²) in [6, 6.07) is 11.6. The number of benzene rings is 2. The molecule has 0 aliphatic carbocycles. The van der Waals surface area contributed by atoms with E-state index in [0.717, 1.165) is 17.1 Å². The van der Waals surface area contributed by atoms with Crippen LogP contribution >= 0.6 is 0 Å². The lowest BCUT2D eigenvalue weighted by Crippen LogP contribution is -2.22. The van der Waals surface area contributed by atoms with Gasteiger partial charge in [-0.1, -0.05) is 6.07 Å². The Morgan fingerprint density at radius 3 is 2.62 bits per heavy atom. The van der Waals surface area contributed by atoms with Crippen LogP contribution in [0, 0.1) is 11.6 Å². The quantitative estimate of drug-likeness (QED) is 0.502. The van der Waals surface area contributed by atoms with Crippen molar-refractivity contribution in [2.75, 3.05) is 0 Å². The Morgan fingerprint density at radius 2 is 1.79 bits per heavy atom. The van der Waals surface area contributed by atoms with Crippen LogP contribution in [0.25, 0.3) is 33.1 Å². The average Bonchev–Trinajstić information content (AvgIpc) is 3.19. The second-order valence-electron chi connectivity index (χ2n) is 6.75. The van der Waals surface area contributed by atoms with Crippen molar-refractivity contribution < 1.29 is 8.78 Å². The van der Waals surface area contributed by atoms with E-state index < -0.39 is 17.2 Å². The number of aromatic amines is 1. The Balaban J connectivity index is 1.59. The number of hydrogen-bond donors (Lipinski definition) is 1. The summed E-state index contributed by atoms with van der Waals surface area (Å²) in [7, 11) is 0. The topological polar surface area (TPSA) is 63.6 Å². The Bertz CT molecular complexity index is 1420. The summed E-state index contributed by atoms with van der Waals surface area (Å²) >= 11 is 0. The highest BCUT2D eigenvalue weighted by molar-refractivity contribution is 5.85. The molecular formula is C22H14F2N4O. The summed E-state index contributed by atoms with van der Waals surface area (Å²) in [5.74, 6) is -1.42. The van der Waals surface area contributed by atoms with Crippen molar-refractivity contribution >= 4 is 21.9 Å². The lowest BCUT2D eigenvalue weighted by molar-refractivity contribution is 0.545. The van der Waals surface area contributed by atoms with Gasteiger partial charge in [0.2, 0.25) is 0 Å². The van der Waals surface area contributed by atoms with E-state index in [1.807, 2.05) is 24.4 Å². The molecule has 0 aliphatic heterocycles. The highest BCUT2D eigenvalue weighted by Gasteiger charge is 2.15. The van der Waals surface area contributed by atoms with Gasteiger partial charge in [0.1, 0.15) is 17.2 Å². The fourth-order valence-corrected chi connectivity index (χ4v) is 3.49. The normalized spacial score (nSPS) is 11.4. The van der Waals surface area contributed by atoms with Crippen molar-refractivity contribution in [3.05, 3.63) is 94.8 Å². The van der Waals surface area contributed by atoms with Gasteiger partial charge in [0.05, 0.1) is 24.5 Å². The number of pyridine rings is 1. The highest BCUT2D eigenvalue weighted by atomic mass is 19.1. The van der Waals surface area contributed by atoms with Gasteiger partial charge in [-0.15, -0.1) is 0 Å². The van der Waals surface area contributed by atoms with Gasteiger partial charge in [0.25, 0.3) is 5.56 Å². The Kier molecular flexibility index (Phi) is 3.94. The lowest BCUT2D eigenvalue weighted by Gasteiger charge is -2.12. The van der Waals surface area contributed by atoms with Gasteiger partial charge in [-0.25, -0.2) is 13.8 Å². The first-order chi connectivity index (χ1) is 14.1. The van der Waals surface area contributed by atoms with Crippen molar-refractivity contribution in [1.82, 2.24) is 19.5 Å². The third kappa shape index (κ3) is 2.97. The van der Waals surface area contributed by atoms with Crippen LogP contribution in [0.15, 0.2) is 72.0 Å². The lowest BCUT2D eigenvalue weighted by atomic mass is 10.0. The number of fused-ring (bicyclic) bond motifs is 2. The third-order valence-electron chi connectivity index (χ3n) is 4.99. The van der Waals surface area contributed by atoms with Crippen molar-refractivity contribution in [1.29, 1.82) is 0 Å². The van der Waals surface area contributed by atoms with E-state index in [1.165, 1.54) is 29.1 Å². The maximum atomic E-state index is 14.9. The smallest absolute Gasteiger partial charge is 0.269 e. The molecule has 0 unspecified atom stereocenters. The van der Waals surface area contributed by atoms with Crippen LogP contribution in [0.5, 0.6) is 0 Å². The standard InChI is InChI=1S/C22H14F2N4O/c23-17-8-15(13-1-2-19-14(7-13)3-6-26-19)9-18(24)16(17)12-28-21-4-5-25-10-20(21)27-11-22(28)29/h1-11,26H,12H2. The predicted octanol–water partition coefficient (Wildman–Crippen LogP) is 4.27. The number of halogens is 2.